The molecule has 2 rings (SSSR count). The van der Waals surface area contributed by atoms with E-state index in [0.717, 1.165) is 18.7 Å². The molecule has 1 aliphatic carbocycles. The molecule has 1 aromatic heterocycles. The van der Waals surface area contributed by atoms with Crippen molar-refractivity contribution in [2.75, 3.05) is 0 Å². The van der Waals surface area contributed by atoms with E-state index in [9.17, 15) is 0 Å². The molecule has 1 saturated carbocycles. The van der Waals surface area contributed by atoms with Gasteiger partial charge in [0.15, 0.2) is 0 Å². The van der Waals surface area contributed by atoms with Crippen molar-refractivity contribution in [3.05, 3.63) is 18.2 Å². The molecule has 3 heteroatoms. The van der Waals surface area contributed by atoms with Gasteiger partial charge in [-0.15, -0.1) is 0 Å². The summed E-state index contributed by atoms with van der Waals surface area (Å²) in [6.07, 6.45) is 6.95. The number of nitrogens with two attached hydrogens (primary N) is 1. The van der Waals surface area contributed by atoms with E-state index >= 15 is 0 Å². The fourth-order valence-corrected chi connectivity index (χ4v) is 3.35. The van der Waals surface area contributed by atoms with Gasteiger partial charge >= 0.3 is 0 Å². The minimum Gasteiger partial charge on any atom is -0.347 e. The molecule has 0 spiro atoms. The zero-order valence-electron chi connectivity index (χ0n) is 9.88. The van der Waals surface area contributed by atoms with Gasteiger partial charge in [-0.3, -0.25) is 0 Å². The first kappa shape index (κ1) is 10.7. The first-order valence-electron chi connectivity index (χ1n) is 5.70. The van der Waals surface area contributed by atoms with Gasteiger partial charge in [0.05, 0.1) is 5.54 Å². The number of H-pyrrole nitrogens is 1. The van der Waals surface area contributed by atoms with Gasteiger partial charge in [0.1, 0.15) is 5.82 Å². The second-order valence-electron chi connectivity index (χ2n) is 5.95. The highest BCUT2D eigenvalue weighted by Gasteiger charge is 2.42. The van der Waals surface area contributed by atoms with Crippen molar-refractivity contribution >= 4 is 0 Å². The summed E-state index contributed by atoms with van der Waals surface area (Å²) in [5, 5.41) is 0. The molecule has 84 valence electrons. The Morgan fingerprint density at radius 3 is 2.73 bits per heavy atom. The smallest absolute Gasteiger partial charge is 0.126 e. The molecule has 1 aliphatic rings. The molecular weight excluding hydrogens is 186 g/mol. The fourth-order valence-electron chi connectivity index (χ4n) is 3.35. The third-order valence-corrected chi connectivity index (χ3v) is 3.38. The molecule has 2 atom stereocenters. The van der Waals surface area contributed by atoms with Gasteiger partial charge in [-0.2, -0.15) is 0 Å². The van der Waals surface area contributed by atoms with E-state index in [2.05, 4.69) is 30.7 Å². The van der Waals surface area contributed by atoms with Gasteiger partial charge in [0.25, 0.3) is 0 Å². The molecule has 3 nitrogen and oxygen atoms in total. The Morgan fingerprint density at radius 2 is 2.20 bits per heavy atom. The van der Waals surface area contributed by atoms with Crippen LogP contribution >= 0.6 is 0 Å². The Bertz CT molecular complexity index is 329. The molecule has 0 amide bonds. The zero-order chi connectivity index (χ0) is 11.1. The number of aromatic nitrogens is 2. The Morgan fingerprint density at radius 1 is 1.47 bits per heavy atom. The summed E-state index contributed by atoms with van der Waals surface area (Å²) in [6, 6.07) is 0. The second-order valence-corrected chi connectivity index (χ2v) is 5.95. The number of imidazole rings is 1. The van der Waals surface area contributed by atoms with Crippen molar-refractivity contribution in [2.45, 2.75) is 45.6 Å². The van der Waals surface area contributed by atoms with E-state index in [1.54, 1.807) is 6.20 Å². The van der Waals surface area contributed by atoms with Crippen LogP contribution in [0.15, 0.2) is 12.4 Å². The largest absolute Gasteiger partial charge is 0.347 e. The second kappa shape index (κ2) is 3.34. The number of hydrogen-bond acceptors (Lipinski definition) is 2. The van der Waals surface area contributed by atoms with Gasteiger partial charge in [0, 0.05) is 12.4 Å². The summed E-state index contributed by atoms with van der Waals surface area (Å²) in [6.45, 7) is 6.88. The number of nitrogens with one attached hydrogen (secondary N) is 1. The van der Waals surface area contributed by atoms with Gasteiger partial charge < -0.3 is 10.7 Å². The molecule has 0 unspecified atom stereocenters. The minimum atomic E-state index is -0.259. The van der Waals surface area contributed by atoms with Crippen LogP contribution in [-0.2, 0) is 5.54 Å². The fraction of sp³-hybridized carbons (Fsp3) is 0.750. The van der Waals surface area contributed by atoms with E-state index in [1.165, 1.54) is 6.42 Å². The lowest BCUT2D eigenvalue weighted by Crippen LogP contribution is -2.47. The van der Waals surface area contributed by atoms with Crippen LogP contribution in [0.25, 0.3) is 0 Å². The Kier molecular flexibility index (Phi) is 2.38. The average Bonchev–Trinajstić information content (AvgIpc) is 2.49. The lowest BCUT2D eigenvalue weighted by Gasteiger charge is -2.44. The number of hydrogen-bond donors (Lipinski definition) is 2. The average molecular weight is 207 g/mol. The summed E-state index contributed by atoms with van der Waals surface area (Å²) in [5.74, 6) is 1.62. The van der Waals surface area contributed by atoms with Crippen molar-refractivity contribution in [1.29, 1.82) is 0 Å². The molecular formula is C12H21N3. The SMILES string of the molecule is C[C@H]1CC(C)(C)C[C@@](N)(c2ncc[nH]2)C1. The standard InChI is InChI=1S/C12H21N3/c1-9-6-11(2,3)8-12(13,7-9)10-14-4-5-15-10/h4-5,9H,6-8,13H2,1-3H3,(H,14,15)/t9-,12+/m0/s1. The van der Waals surface area contributed by atoms with Crippen LogP contribution in [0.5, 0.6) is 0 Å². The van der Waals surface area contributed by atoms with E-state index in [0.29, 0.717) is 11.3 Å². The number of rotatable bonds is 1. The van der Waals surface area contributed by atoms with E-state index in [4.69, 9.17) is 5.73 Å². The van der Waals surface area contributed by atoms with Crippen LogP contribution in [0.1, 0.15) is 45.9 Å². The third kappa shape index (κ3) is 2.07. The lowest BCUT2D eigenvalue weighted by molar-refractivity contribution is 0.102. The van der Waals surface area contributed by atoms with Crippen molar-refractivity contribution < 1.29 is 0 Å². The minimum absolute atomic E-state index is 0.259. The molecule has 1 heterocycles. The molecule has 1 aromatic rings. The van der Waals surface area contributed by atoms with Gasteiger partial charge in [-0.25, -0.2) is 4.98 Å². The normalized spacial score (nSPS) is 35.3. The lowest BCUT2D eigenvalue weighted by atomic mass is 9.64. The maximum atomic E-state index is 6.50. The highest BCUT2D eigenvalue weighted by molar-refractivity contribution is 5.09. The first-order chi connectivity index (χ1) is 6.91. The van der Waals surface area contributed by atoms with E-state index in [1.807, 2.05) is 6.20 Å². The Balaban J connectivity index is 2.28. The van der Waals surface area contributed by atoms with Crippen LogP contribution in [0.3, 0.4) is 0 Å². The third-order valence-electron chi connectivity index (χ3n) is 3.38. The maximum absolute atomic E-state index is 6.50. The highest BCUT2D eigenvalue weighted by atomic mass is 15.0. The van der Waals surface area contributed by atoms with Crippen LogP contribution in [0.4, 0.5) is 0 Å². The quantitative estimate of drug-likeness (QED) is 0.743. The zero-order valence-corrected chi connectivity index (χ0v) is 9.88. The van der Waals surface area contributed by atoms with Crippen LogP contribution in [-0.4, -0.2) is 9.97 Å². The van der Waals surface area contributed by atoms with Crippen LogP contribution in [0, 0.1) is 11.3 Å². The summed E-state index contributed by atoms with van der Waals surface area (Å²) in [4.78, 5) is 7.50. The van der Waals surface area contributed by atoms with E-state index < -0.39 is 0 Å². The molecule has 0 aliphatic heterocycles. The first-order valence-corrected chi connectivity index (χ1v) is 5.70. The summed E-state index contributed by atoms with van der Waals surface area (Å²) in [5.41, 5.74) is 6.56. The van der Waals surface area contributed by atoms with Crippen LogP contribution < -0.4 is 5.73 Å². The summed E-state index contributed by atoms with van der Waals surface area (Å²) >= 11 is 0. The van der Waals surface area contributed by atoms with Crippen LogP contribution in [0.2, 0.25) is 0 Å². The highest BCUT2D eigenvalue weighted by Crippen LogP contribution is 2.46. The number of aromatic amines is 1. The monoisotopic (exact) mass is 207 g/mol. The van der Waals surface area contributed by atoms with Gasteiger partial charge in [0.2, 0.25) is 0 Å². The Hall–Kier alpha value is -0.830. The van der Waals surface area contributed by atoms with E-state index in [-0.39, 0.29) is 5.54 Å². The van der Waals surface area contributed by atoms with Crippen molar-refractivity contribution in [3.8, 4) is 0 Å². The Labute approximate surface area is 91.5 Å². The molecule has 0 radical (unpaired) electrons. The maximum Gasteiger partial charge on any atom is 0.126 e. The van der Waals surface area contributed by atoms with Crippen molar-refractivity contribution in [1.82, 2.24) is 9.97 Å². The summed E-state index contributed by atoms with van der Waals surface area (Å²) < 4.78 is 0. The molecule has 15 heavy (non-hydrogen) atoms. The van der Waals surface area contributed by atoms with Crippen molar-refractivity contribution in [2.24, 2.45) is 17.1 Å². The summed E-state index contributed by atoms with van der Waals surface area (Å²) in [7, 11) is 0. The number of nitrogens with zero attached hydrogens (tertiary/aromatic N) is 1. The predicted molar refractivity (Wildman–Crippen MR) is 61.2 cm³/mol. The van der Waals surface area contributed by atoms with Gasteiger partial charge in [-0.1, -0.05) is 20.8 Å². The molecule has 1 fully saturated rings. The topological polar surface area (TPSA) is 54.7 Å². The molecule has 3 N–H and O–H groups in total. The molecule has 0 saturated heterocycles. The molecule has 0 aromatic carbocycles. The molecule has 0 bridgehead atoms. The van der Waals surface area contributed by atoms with Gasteiger partial charge in [-0.05, 0) is 30.6 Å². The van der Waals surface area contributed by atoms with Crippen molar-refractivity contribution in [3.63, 3.8) is 0 Å². The predicted octanol–water partition coefficient (Wildman–Crippen LogP) is 2.41.